The van der Waals surface area contributed by atoms with E-state index >= 15 is 0 Å². The second kappa shape index (κ2) is 5.82. The number of nitrogens with one attached hydrogen (secondary N) is 1. The molecule has 0 aliphatic rings. The number of benzene rings is 2. The van der Waals surface area contributed by atoms with Crippen LogP contribution < -0.4 is 4.72 Å². The van der Waals surface area contributed by atoms with Gasteiger partial charge in [0, 0.05) is 15.1 Å². The summed E-state index contributed by atoms with van der Waals surface area (Å²) >= 11 is 17.5. The Morgan fingerprint density at radius 1 is 0.900 bits per heavy atom. The molecule has 0 atom stereocenters. The lowest BCUT2D eigenvalue weighted by molar-refractivity contribution is 0.600. The van der Waals surface area contributed by atoms with Crippen molar-refractivity contribution < 1.29 is 8.42 Å². The van der Waals surface area contributed by atoms with Crippen LogP contribution in [-0.4, -0.2) is 8.42 Å². The highest BCUT2D eigenvalue weighted by Crippen LogP contribution is 2.26. The normalized spacial score (nSPS) is 11.4. The molecule has 0 saturated carbocycles. The molecule has 20 heavy (non-hydrogen) atoms. The minimum Gasteiger partial charge on any atom is -0.280 e. The van der Waals surface area contributed by atoms with Gasteiger partial charge in [-0.1, -0.05) is 34.8 Å². The first-order chi connectivity index (χ1) is 9.28. The molecule has 0 heterocycles. The van der Waals surface area contributed by atoms with Crippen LogP contribution in [0.2, 0.25) is 15.1 Å². The van der Waals surface area contributed by atoms with Crippen LogP contribution in [0, 0.1) is 6.92 Å². The lowest BCUT2D eigenvalue weighted by atomic mass is 10.2. The summed E-state index contributed by atoms with van der Waals surface area (Å²) in [5.41, 5.74) is 0.856. The fraction of sp³-hybridized carbons (Fsp3) is 0.0769. The Bertz CT molecular complexity index is 740. The molecule has 0 bridgehead atoms. The smallest absolute Gasteiger partial charge is 0.262 e. The van der Waals surface area contributed by atoms with E-state index in [2.05, 4.69) is 4.72 Å². The third-order valence-corrected chi connectivity index (χ3v) is 4.75. The molecule has 0 fully saturated rings. The largest absolute Gasteiger partial charge is 0.280 e. The maximum atomic E-state index is 12.3. The highest BCUT2D eigenvalue weighted by molar-refractivity contribution is 7.92. The van der Waals surface area contributed by atoms with Gasteiger partial charge in [0.25, 0.3) is 10.0 Å². The van der Waals surface area contributed by atoms with Crippen molar-refractivity contribution in [1.29, 1.82) is 0 Å². The summed E-state index contributed by atoms with van der Waals surface area (Å²) < 4.78 is 27.1. The van der Waals surface area contributed by atoms with Crippen LogP contribution in [-0.2, 0) is 10.0 Å². The topological polar surface area (TPSA) is 46.2 Å². The van der Waals surface area contributed by atoms with E-state index in [-0.39, 0.29) is 4.90 Å². The van der Waals surface area contributed by atoms with Crippen LogP contribution >= 0.6 is 34.8 Å². The number of sulfonamides is 1. The molecule has 106 valence electrons. The van der Waals surface area contributed by atoms with Crippen molar-refractivity contribution in [2.45, 2.75) is 11.8 Å². The summed E-state index contributed by atoms with van der Waals surface area (Å²) in [5, 5.41) is 1.18. The number of anilines is 1. The first-order valence-electron chi connectivity index (χ1n) is 5.53. The Morgan fingerprint density at radius 2 is 1.50 bits per heavy atom. The molecule has 0 aromatic heterocycles. The van der Waals surface area contributed by atoms with Crippen molar-refractivity contribution in [1.82, 2.24) is 0 Å². The molecule has 1 N–H and O–H groups in total. The molecule has 0 radical (unpaired) electrons. The molecule has 2 rings (SSSR count). The highest BCUT2D eigenvalue weighted by atomic mass is 35.5. The van der Waals surface area contributed by atoms with E-state index in [1.807, 2.05) is 0 Å². The van der Waals surface area contributed by atoms with Crippen LogP contribution in [0.15, 0.2) is 41.3 Å². The van der Waals surface area contributed by atoms with Gasteiger partial charge in [0.15, 0.2) is 0 Å². The van der Waals surface area contributed by atoms with Crippen molar-refractivity contribution in [2.24, 2.45) is 0 Å². The predicted molar refractivity (Wildman–Crippen MR) is 83.5 cm³/mol. The van der Waals surface area contributed by atoms with Gasteiger partial charge in [0.1, 0.15) is 0 Å². The zero-order valence-electron chi connectivity index (χ0n) is 10.3. The molecule has 0 unspecified atom stereocenters. The lowest BCUT2D eigenvalue weighted by Gasteiger charge is -2.11. The average Bonchev–Trinajstić information content (AvgIpc) is 2.25. The molecule has 2 aromatic carbocycles. The molecule has 3 nitrogen and oxygen atoms in total. The molecule has 0 spiro atoms. The summed E-state index contributed by atoms with van der Waals surface area (Å²) in [6.45, 7) is 1.67. The molecular formula is C13H10Cl3NO2S. The fourth-order valence-electron chi connectivity index (χ4n) is 1.74. The van der Waals surface area contributed by atoms with E-state index in [1.54, 1.807) is 13.0 Å². The Kier molecular flexibility index (Phi) is 4.49. The minimum absolute atomic E-state index is 0.151. The van der Waals surface area contributed by atoms with E-state index in [4.69, 9.17) is 34.8 Å². The second-order valence-corrected chi connectivity index (χ2v) is 7.13. The van der Waals surface area contributed by atoms with Crippen LogP contribution in [0.5, 0.6) is 0 Å². The Hall–Kier alpha value is -0.940. The Labute approximate surface area is 132 Å². The van der Waals surface area contributed by atoms with Crippen molar-refractivity contribution >= 4 is 50.5 Å². The molecule has 0 amide bonds. The van der Waals surface area contributed by atoms with Crippen molar-refractivity contribution in [3.05, 3.63) is 57.0 Å². The molecule has 0 saturated heterocycles. The quantitative estimate of drug-likeness (QED) is 0.867. The van der Waals surface area contributed by atoms with Gasteiger partial charge in [0.05, 0.1) is 10.6 Å². The minimum atomic E-state index is -3.72. The lowest BCUT2D eigenvalue weighted by Crippen LogP contribution is -2.14. The van der Waals surface area contributed by atoms with Crippen molar-refractivity contribution in [2.75, 3.05) is 4.72 Å². The van der Waals surface area contributed by atoms with E-state index in [0.29, 0.717) is 26.3 Å². The highest BCUT2D eigenvalue weighted by Gasteiger charge is 2.17. The predicted octanol–water partition coefficient (Wildman–Crippen LogP) is 4.76. The van der Waals surface area contributed by atoms with E-state index in [9.17, 15) is 8.42 Å². The Morgan fingerprint density at radius 3 is 2.05 bits per heavy atom. The first-order valence-corrected chi connectivity index (χ1v) is 8.15. The molecule has 0 aliphatic carbocycles. The summed E-state index contributed by atoms with van der Waals surface area (Å²) in [6.07, 6.45) is 0. The first kappa shape index (κ1) is 15.4. The van der Waals surface area contributed by atoms with Crippen molar-refractivity contribution in [3.63, 3.8) is 0 Å². The fourth-order valence-corrected chi connectivity index (χ4v) is 3.76. The third kappa shape index (κ3) is 3.58. The molecule has 0 aliphatic heterocycles. The average molecular weight is 351 g/mol. The third-order valence-electron chi connectivity index (χ3n) is 2.54. The standard InChI is InChI=1S/C13H10Cl3NO2S/c1-8-4-9(14)2-3-13(8)20(18,19)17-12-6-10(15)5-11(16)7-12/h2-7,17H,1H3. The van der Waals surface area contributed by atoms with Gasteiger partial charge >= 0.3 is 0 Å². The van der Waals surface area contributed by atoms with Gasteiger partial charge < -0.3 is 0 Å². The summed E-state index contributed by atoms with van der Waals surface area (Å²) in [5.74, 6) is 0. The molecule has 7 heteroatoms. The summed E-state index contributed by atoms with van der Waals surface area (Å²) in [7, 11) is -3.72. The van der Waals surface area contributed by atoms with Gasteiger partial charge in [-0.2, -0.15) is 0 Å². The molecular weight excluding hydrogens is 341 g/mol. The SMILES string of the molecule is Cc1cc(Cl)ccc1S(=O)(=O)Nc1cc(Cl)cc(Cl)c1. The number of hydrogen-bond acceptors (Lipinski definition) is 2. The Balaban J connectivity index is 2.40. The zero-order chi connectivity index (χ0) is 14.9. The van der Waals surface area contributed by atoms with E-state index in [1.165, 1.54) is 30.3 Å². The monoisotopic (exact) mass is 349 g/mol. The van der Waals surface area contributed by atoms with Crippen molar-refractivity contribution in [3.8, 4) is 0 Å². The maximum absolute atomic E-state index is 12.3. The summed E-state index contributed by atoms with van der Waals surface area (Å²) in [4.78, 5) is 0.151. The van der Waals surface area contributed by atoms with Gasteiger partial charge in [0.2, 0.25) is 0 Å². The van der Waals surface area contributed by atoms with E-state index < -0.39 is 10.0 Å². The number of halogens is 3. The zero-order valence-corrected chi connectivity index (χ0v) is 13.4. The van der Waals surface area contributed by atoms with Crippen LogP contribution in [0.1, 0.15) is 5.56 Å². The number of aryl methyl sites for hydroxylation is 1. The van der Waals surface area contributed by atoms with Crippen LogP contribution in [0.25, 0.3) is 0 Å². The molecule has 2 aromatic rings. The maximum Gasteiger partial charge on any atom is 0.262 e. The number of rotatable bonds is 3. The number of hydrogen-bond donors (Lipinski definition) is 1. The van der Waals surface area contributed by atoms with E-state index in [0.717, 1.165) is 0 Å². The second-order valence-electron chi connectivity index (χ2n) is 4.17. The van der Waals surface area contributed by atoms with Crippen LogP contribution in [0.4, 0.5) is 5.69 Å². The van der Waals surface area contributed by atoms with Crippen LogP contribution in [0.3, 0.4) is 0 Å². The van der Waals surface area contributed by atoms with Gasteiger partial charge in [-0.25, -0.2) is 8.42 Å². The summed E-state index contributed by atoms with van der Waals surface area (Å²) in [6, 6.07) is 9.04. The van der Waals surface area contributed by atoms with Gasteiger partial charge in [-0.15, -0.1) is 0 Å². The van der Waals surface area contributed by atoms with Gasteiger partial charge in [-0.05, 0) is 48.9 Å². The van der Waals surface area contributed by atoms with Gasteiger partial charge in [-0.3, -0.25) is 4.72 Å².